The fourth-order valence-corrected chi connectivity index (χ4v) is 3.16. The number of carbonyl (C=O) groups excluding carboxylic acids is 3. The molecule has 0 saturated carbocycles. The van der Waals surface area contributed by atoms with E-state index in [1.165, 1.54) is 0 Å². The molecule has 2 heterocycles. The second-order valence-corrected chi connectivity index (χ2v) is 8.15. The molecule has 0 aliphatic heterocycles. The van der Waals surface area contributed by atoms with Crippen LogP contribution in [0.15, 0.2) is 36.5 Å². The summed E-state index contributed by atoms with van der Waals surface area (Å²) in [6, 6.07) is 8.26. The molecular formula is C24H28N4O4. The standard InChI is InChI=1S/C24H28N4O4/c1-6-22(30)26-17-9-7-16(8-10-17)21(29)13-32-24(31)18-11-20(14(2)3)27-23-19(18)12-25-28(23)15(4)5/h7-12,14-15H,6,13H2,1-5H3,(H,26,30). The molecule has 168 valence electrons. The van der Waals surface area contributed by atoms with E-state index in [0.717, 1.165) is 5.69 Å². The number of fused-ring (bicyclic) bond motifs is 1. The second kappa shape index (κ2) is 9.72. The molecule has 0 bridgehead atoms. The number of amides is 1. The minimum Gasteiger partial charge on any atom is -0.454 e. The molecular weight excluding hydrogens is 408 g/mol. The SMILES string of the molecule is CCC(=O)Nc1ccc(C(=O)COC(=O)c2cc(C(C)C)nc3c2cnn3C(C)C)cc1. The van der Waals surface area contributed by atoms with E-state index >= 15 is 0 Å². The highest BCUT2D eigenvalue weighted by atomic mass is 16.5. The largest absolute Gasteiger partial charge is 0.454 e. The Kier molecular flexibility index (Phi) is 7.02. The van der Waals surface area contributed by atoms with Crippen LogP contribution in [0.2, 0.25) is 0 Å². The van der Waals surface area contributed by atoms with Crippen LogP contribution >= 0.6 is 0 Å². The quantitative estimate of drug-likeness (QED) is 0.411. The summed E-state index contributed by atoms with van der Waals surface area (Å²) < 4.78 is 7.11. The first kappa shape index (κ1) is 23.1. The highest BCUT2D eigenvalue weighted by molar-refractivity contribution is 6.04. The molecule has 0 radical (unpaired) electrons. The van der Waals surface area contributed by atoms with Crippen LogP contribution in [-0.2, 0) is 9.53 Å². The predicted molar refractivity (Wildman–Crippen MR) is 122 cm³/mol. The first-order valence-corrected chi connectivity index (χ1v) is 10.7. The van der Waals surface area contributed by atoms with Gasteiger partial charge in [0.25, 0.3) is 0 Å². The Morgan fingerprint density at radius 2 is 1.78 bits per heavy atom. The maximum Gasteiger partial charge on any atom is 0.339 e. The van der Waals surface area contributed by atoms with Gasteiger partial charge in [-0.15, -0.1) is 0 Å². The third-order valence-corrected chi connectivity index (χ3v) is 5.03. The Bertz CT molecular complexity index is 1150. The summed E-state index contributed by atoms with van der Waals surface area (Å²) in [4.78, 5) is 41.5. The van der Waals surface area contributed by atoms with E-state index in [9.17, 15) is 14.4 Å². The molecule has 0 unspecified atom stereocenters. The van der Waals surface area contributed by atoms with E-state index < -0.39 is 12.6 Å². The zero-order valence-corrected chi connectivity index (χ0v) is 19.0. The van der Waals surface area contributed by atoms with E-state index in [2.05, 4.69) is 15.4 Å². The van der Waals surface area contributed by atoms with Gasteiger partial charge in [-0.3, -0.25) is 9.59 Å². The number of Topliss-reactive ketones (excluding diaryl/α,β-unsaturated/α-hetero) is 1. The summed E-state index contributed by atoms with van der Waals surface area (Å²) in [5.41, 5.74) is 2.71. The fraction of sp³-hybridized carbons (Fsp3) is 0.375. The number of nitrogens with zero attached hydrogens (tertiary/aromatic N) is 3. The van der Waals surface area contributed by atoms with Gasteiger partial charge in [0, 0.05) is 29.4 Å². The molecule has 0 spiro atoms. The highest BCUT2D eigenvalue weighted by Crippen LogP contribution is 2.25. The molecule has 1 aromatic carbocycles. The van der Waals surface area contributed by atoms with Crippen molar-refractivity contribution in [2.45, 2.75) is 53.0 Å². The van der Waals surface area contributed by atoms with Gasteiger partial charge >= 0.3 is 5.97 Å². The summed E-state index contributed by atoms with van der Waals surface area (Å²) in [5.74, 6) is -0.931. The first-order valence-electron chi connectivity index (χ1n) is 10.7. The van der Waals surface area contributed by atoms with E-state index in [4.69, 9.17) is 4.74 Å². The van der Waals surface area contributed by atoms with Crippen molar-refractivity contribution in [2.24, 2.45) is 0 Å². The van der Waals surface area contributed by atoms with Gasteiger partial charge in [-0.25, -0.2) is 14.5 Å². The van der Waals surface area contributed by atoms with Crippen molar-refractivity contribution >= 4 is 34.4 Å². The molecule has 8 heteroatoms. The number of ether oxygens (including phenoxy) is 1. The van der Waals surface area contributed by atoms with Crippen LogP contribution in [0.4, 0.5) is 5.69 Å². The number of aromatic nitrogens is 3. The van der Waals surface area contributed by atoms with Gasteiger partial charge in [-0.05, 0) is 50.1 Å². The van der Waals surface area contributed by atoms with Crippen LogP contribution in [0.3, 0.4) is 0 Å². The van der Waals surface area contributed by atoms with Crippen molar-refractivity contribution < 1.29 is 19.1 Å². The molecule has 0 saturated heterocycles. The van der Waals surface area contributed by atoms with Crippen molar-refractivity contribution in [3.05, 3.63) is 53.3 Å². The lowest BCUT2D eigenvalue weighted by Gasteiger charge is -2.12. The molecule has 1 amide bonds. The predicted octanol–water partition coefficient (Wildman–Crippen LogP) is 4.52. The van der Waals surface area contributed by atoms with Crippen LogP contribution in [0.1, 0.15) is 79.4 Å². The van der Waals surface area contributed by atoms with E-state index in [1.54, 1.807) is 48.1 Å². The molecule has 0 aliphatic carbocycles. The lowest BCUT2D eigenvalue weighted by molar-refractivity contribution is -0.115. The van der Waals surface area contributed by atoms with E-state index in [1.807, 2.05) is 27.7 Å². The Hall–Kier alpha value is -3.55. The number of carbonyl (C=O) groups is 3. The van der Waals surface area contributed by atoms with Gasteiger partial charge in [-0.2, -0.15) is 5.10 Å². The van der Waals surface area contributed by atoms with E-state index in [-0.39, 0.29) is 23.7 Å². The van der Waals surface area contributed by atoms with Gasteiger partial charge in [-0.1, -0.05) is 20.8 Å². The van der Waals surface area contributed by atoms with Crippen molar-refractivity contribution in [1.29, 1.82) is 0 Å². The normalized spacial score (nSPS) is 11.2. The lowest BCUT2D eigenvalue weighted by Crippen LogP contribution is -2.15. The minimum atomic E-state index is -0.595. The smallest absolute Gasteiger partial charge is 0.339 e. The maximum absolute atomic E-state index is 12.9. The number of esters is 1. The number of anilines is 1. The Balaban J connectivity index is 1.77. The molecule has 0 fully saturated rings. The zero-order valence-electron chi connectivity index (χ0n) is 19.0. The molecule has 8 nitrogen and oxygen atoms in total. The maximum atomic E-state index is 12.9. The van der Waals surface area contributed by atoms with Crippen LogP contribution in [0, 0.1) is 0 Å². The highest BCUT2D eigenvalue weighted by Gasteiger charge is 2.21. The molecule has 3 rings (SSSR count). The number of hydrogen-bond donors (Lipinski definition) is 1. The molecule has 1 N–H and O–H groups in total. The van der Waals surface area contributed by atoms with Crippen molar-refractivity contribution in [3.63, 3.8) is 0 Å². The molecule has 3 aromatic rings. The number of pyridine rings is 1. The molecule has 0 atom stereocenters. The number of nitrogens with one attached hydrogen (secondary N) is 1. The Morgan fingerprint density at radius 3 is 2.38 bits per heavy atom. The van der Waals surface area contributed by atoms with Crippen LogP contribution in [0.5, 0.6) is 0 Å². The molecule has 2 aromatic heterocycles. The average Bonchev–Trinajstić information content (AvgIpc) is 3.21. The van der Waals surface area contributed by atoms with Crippen molar-refractivity contribution in [3.8, 4) is 0 Å². The summed E-state index contributed by atoms with van der Waals surface area (Å²) in [6.07, 6.45) is 1.97. The number of benzene rings is 1. The van der Waals surface area contributed by atoms with Crippen molar-refractivity contribution in [1.82, 2.24) is 14.8 Å². The average molecular weight is 437 g/mol. The van der Waals surface area contributed by atoms with Gasteiger partial charge < -0.3 is 10.1 Å². The fourth-order valence-electron chi connectivity index (χ4n) is 3.16. The van der Waals surface area contributed by atoms with Gasteiger partial charge in [0.05, 0.1) is 17.1 Å². The van der Waals surface area contributed by atoms with Crippen LogP contribution in [-0.4, -0.2) is 39.0 Å². The summed E-state index contributed by atoms with van der Waals surface area (Å²) >= 11 is 0. The summed E-state index contributed by atoms with van der Waals surface area (Å²) in [7, 11) is 0. The Morgan fingerprint density at radius 1 is 1.09 bits per heavy atom. The summed E-state index contributed by atoms with van der Waals surface area (Å²) in [6.45, 7) is 9.34. The first-order chi connectivity index (χ1) is 15.2. The van der Waals surface area contributed by atoms with Gasteiger partial charge in [0.2, 0.25) is 5.91 Å². The van der Waals surface area contributed by atoms with Crippen LogP contribution in [0.25, 0.3) is 11.0 Å². The number of hydrogen-bond acceptors (Lipinski definition) is 6. The number of ketones is 1. The minimum absolute atomic E-state index is 0.0814. The number of rotatable bonds is 8. The zero-order chi connectivity index (χ0) is 23.4. The Labute approximate surface area is 187 Å². The van der Waals surface area contributed by atoms with Crippen LogP contribution < -0.4 is 5.32 Å². The van der Waals surface area contributed by atoms with Gasteiger partial charge in [0.15, 0.2) is 18.0 Å². The summed E-state index contributed by atoms with van der Waals surface area (Å²) in [5, 5.41) is 7.68. The second-order valence-electron chi connectivity index (χ2n) is 8.15. The topological polar surface area (TPSA) is 103 Å². The molecule has 32 heavy (non-hydrogen) atoms. The lowest BCUT2D eigenvalue weighted by atomic mass is 10.1. The van der Waals surface area contributed by atoms with Crippen molar-refractivity contribution in [2.75, 3.05) is 11.9 Å². The van der Waals surface area contributed by atoms with Gasteiger partial charge in [0.1, 0.15) is 0 Å². The van der Waals surface area contributed by atoms with E-state index in [0.29, 0.717) is 34.3 Å². The third-order valence-electron chi connectivity index (χ3n) is 5.03. The monoisotopic (exact) mass is 436 g/mol. The molecule has 0 aliphatic rings. The third kappa shape index (κ3) is 5.01.